The standard InChI is InChI=1S/C13H14N4O3/c1-20-12-8-3-2-5-9(12)15-10-6-4-7-11(16-14)13(10)17(18)19/h2-8,15-16H,14H2,1H3. The topological polar surface area (TPSA) is 102 Å². The van der Waals surface area contributed by atoms with Crippen molar-refractivity contribution in [2.45, 2.75) is 0 Å². The molecule has 2 rings (SSSR count). The molecule has 2 aromatic carbocycles. The van der Waals surface area contributed by atoms with Crippen molar-refractivity contribution in [1.82, 2.24) is 0 Å². The Labute approximate surface area is 115 Å². The third-order valence-corrected chi connectivity index (χ3v) is 2.75. The van der Waals surface area contributed by atoms with E-state index in [1.165, 1.54) is 13.2 Å². The molecule has 0 amide bonds. The van der Waals surface area contributed by atoms with Crippen LogP contribution in [0.2, 0.25) is 0 Å². The summed E-state index contributed by atoms with van der Waals surface area (Å²) in [6.45, 7) is 0. The summed E-state index contributed by atoms with van der Waals surface area (Å²) in [6, 6.07) is 12.0. The molecule has 0 aliphatic rings. The van der Waals surface area contributed by atoms with Crippen molar-refractivity contribution in [3.63, 3.8) is 0 Å². The van der Waals surface area contributed by atoms with Gasteiger partial charge in [-0.15, -0.1) is 0 Å². The second kappa shape index (κ2) is 5.89. The van der Waals surface area contributed by atoms with Gasteiger partial charge in [-0.05, 0) is 24.3 Å². The summed E-state index contributed by atoms with van der Waals surface area (Å²) < 4.78 is 5.20. The molecule has 0 fully saturated rings. The van der Waals surface area contributed by atoms with Gasteiger partial charge < -0.3 is 15.5 Å². The number of benzene rings is 2. The van der Waals surface area contributed by atoms with Crippen LogP contribution >= 0.6 is 0 Å². The molecule has 0 atom stereocenters. The van der Waals surface area contributed by atoms with Gasteiger partial charge in [0.1, 0.15) is 17.1 Å². The molecule has 0 bridgehead atoms. The lowest BCUT2D eigenvalue weighted by Crippen LogP contribution is -2.10. The van der Waals surface area contributed by atoms with Crippen molar-refractivity contribution in [3.05, 3.63) is 52.6 Å². The number of nitro benzene ring substituents is 1. The third kappa shape index (κ3) is 2.62. The lowest BCUT2D eigenvalue weighted by molar-refractivity contribution is -0.383. The fourth-order valence-corrected chi connectivity index (χ4v) is 1.85. The molecule has 7 nitrogen and oxygen atoms in total. The van der Waals surface area contributed by atoms with Crippen LogP contribution < -0.4 is 21.3 Å². The molecule has 0 aliphatic carbocycles. The number of nitrogens with two attached hydrogens (primary N) is 1. The van der Waals surface area contributed by atoms with Gasteiger partial charge in [0, 0.05) is 0 Å². The second-order valence-electron chi connectivity index (χ2n) is 3.93. The van der Waals surface area contributed by atoms with Gasteiger partial charge in [0.25, 0.3) is 0 Å². The van der Waals surface area contributed by atoms with Gasteiger partial charge in [0.15, 0.2) is 0 Å². The zero-order chi connectivity index (χ0) is 14.5. The van der Waals surface area contributed by atoms with E-state index in [0.29, 0.717) is 17.1 Å². The van der Waals surface area contributed by atoms with E-state index in [1.807, 2.05) is 12.1 Å². The van der Waals surface area contributed by atoms with Crippen molar-refractivity contribution < 1.29 is 9.66 Å². The van der Waals surface area contributed by atoms with Crippen molar-refractivity contribution in [2.75, 3.05) is 17.9 Å². The van der Waals surface area contributed by atoms with Crippen molar-refractivity contribution >= 4 is 22.7 Å². The maximum absolute atomic E-state index is 11.2. The number of ether oxygens (including phenoxy) is 1. The number of nitrogens with zero attached hydrogens (tertiary/aromatic N) is 1. The minimum atomic E-state index is -0.493. The Morgan fingerprint density at radius 2 is 1.75 bits per heavy atom. The van der Waals surface area contributed by atoms with Crippen LogP contribution in [0.1, 0.15) is 0 Å². The number of hydrogen-bond acceptors (Lipinski definition) is 6. The highest BCUT2D eigenvalue weighted by Crippen LogP contribution is 2.36. The van der Waals surface area contributed by atoms with Crippen molar-refractivity contribution in [2.24, 2.45) is 5.84 Å². The fourth-order valence-electron chi connectivity index (χ4n) is 1.85. The molecule has 20 heavy (non-hydrogen) atoms. The smallest absolute Gasteiger partial charge is 0.316 e. The van der Waals surface area contributed by atoms with Gasteiger partial charge in [0.05, 0.1) is 17.7 Å². The van der Waals surface area contributed by atoms with Crippen LogP contribution in [0, 0.1) is 10.1 Å². The van der Waals surface area contributed by atoms with Gasteiger partial charge in [-0.1, -0.05) is 18.2 Å². The third-order valence-electron chi connectivity index (χ3n) is 2.75. The Hall–Kier alpha value is -2.80. The van der Waals surface area contributed by atoms with E-state index in [9.17, 15) is 10.1 Å². The summed E-state index contributed by atoms with van der Waals surface area (Å²) in [5.74, 6) is 5.89. The molecule has 7 heteroatoms. The molecular formula is C13H14N4O3. The summed E-state index contributed by atoms with van der Waals surface area (Å²) in [5, 5.41) is 14.2. The maximum atomic E-state index is 11.2. The predicted octanol–water partition coefficient (Wildman–Crippen LogP) is 2.63. The SMILES string of the molecule is COc1ccccc1Nc1cccc(NN)c1[N+](=O)[O-]. The van der Waals surface area contributed by atoms with Gasteiger partial charge in [-0.25, -0.2) is 0 Å². The minimum absolute atomic E-state index is 0.124. The monoisotopic (exact) mass is 274 g/mol. The van der Waals surface area contributed by atoms with Crippen LogP contribution in [0.3, 0.4) is 0 Å². The Kier molecular flexibility index (Phi) is 4.02. The van der Waals surface area contributed by atoms with E-state index in [-0.39, 0.29) is 11.4 Å². The molecule has 2 aromatic rings. The number of nitro groups is 1. The number of para-hydroxylation sites is 3. The number of rotatable bonds is 5. The molecule has 104 valence electrons. The summed E-state index contributed by atoms with van der Waals surface area (Å²) in [4.78, 5) is 10.7. The number of methoxy groups -OCH3 is 1. The average molecular weight is 274 g/mol. The van der Waals surface area contributed by atoms with E-state index in [1.54, 1.807) is 24.3 Å². The molecule has 0 spiro atoms. The zero-order valence-electron chi connectivity index (χ0n) is 10.8. The molecular weight excluding hydrogens is 260 g/mol. The number of hydrazine groups is 1. The number of hydrogen-bond donors (Lipinski definition) is 3. The number of nitrogens with one attached hydrogen (secondary N) is 2. The van der Waals surface area contributed by atoms with E-state index < -0.39 is 4.92 Å². The second-order valence-corrected chi connectivity index (χ2v) is 3.93. The van der Waals surface area contributed by atoms with Gasteiger partial charge >= 0.3 is 5.69 Å². The van der Waals surface area contributed by atoms with Gasteiger partial charge in [0.2, 0.25) is 0 Å². The Morgan fingerprint density at radius 1 is 1.10 bits per heavy atom. The molecule has 4 N–H and O–H groups in total. The Bertz CT molecular complexity index is 631. The maximum Gasteiger partial charge on any atom is 0.316 e. The van der Waals surface area contributed by atoms with Crippen LogP contribution in [0.25, 0.3) is 0 Å². The average Bonchev–Trinajstić information content (AvgIpc) is 2.47. The molecule has 0 saturated carbocycles. The zero-order valence-corrected chi connectivity index (χ0v) is 10.8. The highest BCUT2D eigenvalue weighted by molar-refractivity contribution is 5.80. The summed E-state index contributed by atoms with van der Waals surface area (Å²) in [5.41, 5.74) is 3.39. The lowest BCUT2D eigenvalue weighted by atomic mass is 10.2. The lowest BCUT2D eigenvalue weighted by Gasteiger charge is -2.12. The molecule has 0 heterocycles. The van der Waals surface area contributed by atoms with Crippen LogP contribution in [-0.2, 0) is 0 Å². The first-order valence-corrected chi connectivity index (χ1v) is 5.81. The first-order chi connectivity index (χ1) is 9.67. The van der Waals surface area contributed by atoms with Crippen LogP contribution in [0.15, 0.2) is 42.5 Å². The molecule has 0 aliphatic heterocycles. The van der Waals surface area contributed by atoms with E-state index >= 15 is 0 Å². The predicted molar refractivity (Wildman–Crippen MR) is 77.2 cm³/mol. The number of anilines is 3. The van der Waals surface area contributed by atoms with Crippen LogP contribution in [-0.4, -0.2) is 12.0 Å². The van der Waals surface area contributed by atoms with E-state index in [2.05, 4.69) is 10.7 Å². The molecule has 0 aromatic heterocycles. The minimum Gasteiger partial charge on any atom is -0.495 e. The summed E-state index contributed by atoms with van der Waals surface area (Å²) in [6.07, 6.45) is 0. The van der Waals surface area contributed by atoms with Gasteiger partial charge in [-0.3, -0.25) is 16.0 Å². The molecule has 0 unspecified atom stereocenters. The first kappa shape index (κ1) is 13.6. The largest absolute Gasteiger partial charge is 0.495 e. The Morgan fingerprint density at radius 3 is 2.40 bits per heavy atom. The van der Waals surface area contributed by atoms with Crippen LogP contribution in [0.5, 0.6) is 5.75 Å². The highest BCUT2D eigenvalue weighted by atomic mass is 16.6. The van der Waals surface area contributed by atoms with Gasteiger partial charge in [-0.2, -0.15) is 0 Å². The summed E-state index contributed by atoms with van der Waals surface area (Å²) >= 11 is 0. The van der Waals surface area contributed by atoms with Crippen LogP contribution in [0.4, 0.5) is 22.7 Å². The Balaban J connectivity index is 2.46. The fraction of sp³-hybridized carbons (Fsp3) is 0.0769. The number of nitrogen functional groups attached to an aromatic ring is 1. The normalized spacial score (nSPS) is 9.90. The van der Waals surface area contributed by atoms with Crippen molar-refractivity contribution in [1.29, 1.82) is 0 Å². The molecule has 0 saturated heterocycles. The summed E-state index contributed by atoms with van der Waals surface area (Å²) in [7, 11) is 1.53. The van der Waals surface area contributed by atoms with E-state index in [0.717, 1.165) is 0 Å². The van der Waals surface area contributed by atoms with Crippen molar-refractivity contribution in [3.8, 4) is 5.75 Å². The highest BCUT2D eigenvalue weighted by Gasteiger charge is 2.19. The molecule has 0 radical (unpaired) electrons. The first-order valence-electron chi connectivity index (χ1n) is 5.81. The van der Waals surface area contributed by atoms with E-state index in [4.69, 9.17) is 10.6 Å². The quantitative estimate of drug-likeness (QED) is 0.440.